The lowest BCUT2D eigenvalue weighted by atomic mass is 10.1. The summed E-state index contributed by atoms with van der Waals surface area (Å²) in [5.41, 5.74) is 1.12. The molecule has 0 spiro atoms. The van der Waals surface area contributed by atoms with Crippen molar-refractivity contribution in [3.05, 3.63) is 58.7 Å². The molecule has 0 saturated carbocycles. The van der Waals surface area contributed by atoms with Crippen molar-refractivity contribution in [3.63, 3.8) is 0 Å². The van der Waals surface area contributed by atoms with Crippen molar-refractivity contribution >= 4 is 23.5 Å². The van der Waals surface area contributed by atoms with Gasteiger partial charge in [-0.1, -0.05) is 41.9 Å². The predicted molar refractivity (Wildman–Crippen MR) is 103 cm³/mol. The quantitative estimate of drug-likeness (QED) is 0.713. The van der Waals surface area contributed by atoms with Gasteiger partial charge in [-0.25, -0.2) is 9.78 Å². The summed E-state index contributed by atoms with van der Waals surface area (Å²) in [4.78, 5) is 28.8. The number of carbonyl (C=O) groups excluding carboxylic acids is 2. The third-order valence-electron chi connectivity index (χ3n) is 4.31. The zero-order chi connectivity index (χ0) is 19.9. The molecule has 1 aromatic heterocycles. The summed E-state index contributed by atoms with van der Waals surface area (Å²) < 4.78 is 15.7. The fraction of sp³-hybridized carbons (Fsp3) is 0.350. The molecule has 3 rings (SSSR count). The van der Waals surface area contributed by atoms with Crippen LogP contribution in [0.5, 0.6) is 5.88 Å². The standard InChI is InChI=1S/C20H21ClN2O5/c1-26-20(25)17(9-13-5-3-2-4-6-13)23-18(24)14-10-16(21)19(22-11-14)28-15-7-8-27-12-15/h2-6,10-11,15,17H,7-9,12H2,1H3,(H,23,24). The van der Waals surface area contributed by atoms with Crippen LogP contribution in [0.3, 0.4) is 0 Å². The van der Waals surface area contributed by atoms with Crippen LogP contribution in [0.4, 0.5) is 0 Å². The summed E-state index contributed by atoms with van der Waals surface area (Å²) >= 11 is 6.21. The predicted octanol–water partition coefficient (Wildman–Crippen LogP) is 2.42. The van der Waals surface area contributed by atoms with E-state index in [0.717, 1.165) is 12.0 Å². The topological polar surface area (TPSA) is 86.8 Å². The molecule has 1 saturated heterocycles. The number of rotatable bonds is 7. The summed E-state index contributed by atoms with van der Waals surface area (Å²) in [6.07, 6.45) is 2.34. The van der Waals surface area contributed by atoms with E-state index >= 15 is 0 Å². The van der Waals surface area contributed by atoms with Crippen molar-refractivity contribution < 1.29 is 23.8 Å². The molecule has 2 aromatic rings. The minimum atomic E-state index is -0.828. The van der Waals surface area contributed by atoms with Crippen LogP contribution in [0.25, 0.3) is 0 Å². The number of carbonyl (C=O) groups is 2. The lowest BCUT2D eigenvalue weighted by Crippen LogP contribution is -2.43. The van der Waals surface area contributed by atoms with E-state index in [2.05, 4.69) is 10.3 Å². The number of esters is 1. The van der Waals surface area contributed by atoms with Gasteiger partial charge in [0.25, 0.3) is 5.91 Å². The van der Waals surface area contributed by atoms with Crippen molar-refractivity contribution in [1.82, 2.24) is 10.3 Å². The third-order valence-corrected chi connectivity index (χ3v) is 4.58. The molecular weight excluding hydrogens is 384 g/mol. The Hall–Kier alpha value is -2.64. The molecule has 0 radical (unpaired) electrons. The maximum atomic E-state index is 12.6. The summed E-state index contributed by atoms with van der Waals surface area (Å²) in [6.45, 7) is 1.12. The molecule has 1 aromatic carbocycles. The molecule has 2 unspecified atom stereocenters. The number of pyridine rings is 1. The number of nitrogens with one attached hydrogen (secondary N) is 1. The second-order valence-electron chi connectivity index (χ2n) is 6.35. The highest BCUT2D eigenvalue weighted by Crippen LogP contribution is 2.25. The van der Waals surface area contributed by atoms with Gasteiger partial charge < -0.3 is 19.5 Å². The van der Waals surface area contributed by atoms with E-state index < -0.39 is 17.9 Å². The Morgan fingerprint density at radius 1 is 1.36 bits per heavy atom. The Bertz CT molecular complexity index is 825. The minimum Gasteiger partial charge on any atom is -0.471 e. The molecule has 1 amide bonds. The monoisotopic (exact) mass is 404 g/mol. The van der Waals surface area contributed by atoms with Gasteiger partial charge in [-0.2, -0.15) is 0 Å². The summed E-state index contributed by atoms with van der Waals surface area (Å²) in [5, 5.41) is 2.90. The van der Waals surface area contributed by atoms with Crippen molar-refractivity contribution in [2.45, 2.75) is 25.0 Å². The average molecular weight is 405 g/mol. The number of aromatic nitrogens is 1. The normalized spacial score (nSPS) is 17.0. The van der Waals surface area contributed by atoms with E-state index in [1.165, 1.54) is 19.4 Å². The molecule has 28 heavy (non-hydrogen) atoms. The lowest BCUT2D eigenvalue weighted by Gasteiger charge is -2.17. The van der Waals surface area contributed by atoms with Crippen LogP contribution in [-0.2, 0) is 20.7 Å². The number of nitrogens with zero attached hydrogens (tertiary/aromatic N) is 1. The Morgan fingerprint density at radius 2 is 2.14 bits per heavy atom. The molecule has 1 fully saturated rings. The van der Waals surface area contributed by atoms with Crippen LogP contribution in [0.15, 0.2) is 42.6 Å². The van der Waals surface area contributed by atoms with Gasteiger partial charge in [-0.15, -0.1) is 0 Å². The Morgan fingerprint density at radius 3 is 2.79 bits per heavy atom. The fourth-order valence-electron chi connectivity index (χ4n) is 2.83. The maximum Gasteiger partial charge on any atom is 0.328 e. The molecule has 7 nitrogen and oxygen atoms in total. The van der Waals surface area contributed by atoms with Crippen LogP contribution in [0, 0.1) is 0 Å². The number of ether oxygens (including phenoxy) is 3. The Balaban J connectivity index is 1.68. The van der Waals surface area contributed by atoms with Gasteiger partial charge >= 0.3 is 5.97 Å². The fourth-order valence-corrected chi connectivity index (χ4v) is 3.04. The van der Waals surface area contributed by atoms with E-state index in [0.29, 0.717) is 19.6 Å². The number of halogens is 1. The van der Waals surface area contributed by atoms with Crippen LogP contribution in [0.1, 0.15) is 22.3 Å². The Labute approximate surface area is 168 Å². The van der Waals surface area contributed by atoms with E-state index in [9.17, 15) is 9.59 Å². The van der Waals surface area contributed by atoms with Crippen molar-refractivity contribution in [1.29, 1.82) is 0 Å². The van der Waals surface area contributed by atoms with Crippen molar-refractivity contribution in [2.24, 2.45) is 0 Å². The smallest absolute Gasteiger partial charge is 0.328 e. The largest absolute Gasteiger partial charge is 0.471 e. The first-order chi connectivity index (χ1) is 13.6. The molecule has 0 bridgehead atoms. The number of hydrogen-bond acceptors (Lipinski definition) is 6. The van der Waals surface area contributed by atoms with Gasteiger partial charge in [0.2, 0.25) is 5.88 Å². The molecule has 2 atom stereocenters. The van der Waals surface area contributed by atoms with Gasteiger partial charge in [-0.05, 0) is 11.6 Å². The summed E-state index contributed by atoms with van der Waals surface area (Å²) in [5.74, 6) is -0.753. The van der Waals surface area contributed by atoms with E-state index in [1.54, 1.807) is 0 Å². The number of amides is 1. The van der Waals surface area contributed by atoms with Crippen molar-refractivity contribution in [3.8, 4) is 5.88 Å². The number of methoxy groups -OCH3 is 1. The van der Waals surface area contributed by atoms with Gasteiger partial charge in [-0.3, -0.25) is 4.79 Å². The summed E-state index contributed by atoms with van der Waals surface area (Å²) in [6, 6.07) is 9.99. The van der Waals surface area contributed by atoms with Crippen molar-refractivity contribution in [2.75, 3.05) is 20.3 Å². The third kappa shape index (κ3) is 5.21. The van der Waals surface area contributed by atoms with E-state index in [1.807, 2.05) is 30.3 Å². The molecule has 8 heteroatoms. The molecule has 1 aliphatic rings. The molecule has 148 valence electrons. The SMILES string of the molecule is COC(=O)C(Cc1ccccc1)NC(=O)c1cnc(OC2CCOC2)c(Cl)c1. The van der Waals surface area contributed by atoms with Gasteiger partial charge in [0, 0.05) is 19.0 Å². The first-order valence-electron chi connectivity index (χ1n) is 8.89. The minimum absolute atomic E-state index is 0.0979. The van der Waals surface area contributed by atoms with Gasteiger partial charge in [0.15, 0.2) is 0 Å². The first kappa shape index (κ1) is 20.1. The zero-order valence-electron chi connectivity index (χ0n) is 15.4. The lowest BCUT2D eigenvalue weighted by molar-refractivity contribution is -0.142. The van der Waals surface area contributed by atoms with Crippen LogP contribution >= 0.6 is 11.6 Å². The second-order valence-corrected chi connectivity index (χ2v) is 6.76. The highest BCUT2D eigenvalue weighted by atomic mass is 35.5. The number of hydrogen-bond donors (Lipinski definition) is 1. The first-order valence-corrected chi connectivity index (χ1v) is 9.27. The Kier molecular flexibility index (Phi) is 6.84. The van der Waals surface area contributed by atoms with Crippen LogP contribution < -0.4 is 10.1 Å². The molecular formula is C20H21ClN2O5. The summed E-state index contributed by atoms with van der Waals surface area (Å²) in [7, 11) is 1.28. The molecule has 1 N–H and O–H groups in total. The molecule has 0 aliphatic carbocycles. The second kappa shape index (κ2) is 9.52. The van der Waals surface area contributed by atoms with E-state index in [-0.39, 0.29) is 22.6 Å². The van der Waals surface area contributed by atoms with E-state index in [4.69, 9.17) is 25.8 Å². The maximum absolute atomic E-state index is 12.6. The molecule has 2 heterocycles. The van der Waals surface area contributed by atoms with Crippen LogP contribution in [0.2, 0.25) is 5.02 Å². The van der Waals surface area contributed by atoms with Gasteiger partial charge in [0.1, 0.15) is 17.2 Å². The highest BCUT2D eigenvalue weighted by molar-refractivity contribution is 6.32. The average Bonchev–Trinajstić information content (AvgIpc) is 3.22. The van der Waals surface area contributed by atoms with Crippen LogP contribution in [-0.4, -0.2) is 49.3 Å². The molecule has 1 aliphatic heterocycles. The van der Waals surface area contributed by atoms with Gasteiger partial charge in [0.05, 0.1) is 25.9 Å². The number of benzene rings is 1. The highest BCUT2D eigenvalue weighted by Gasteiger charge is 2.24. The zero-order valence-corrected chi connectivity index (χ0v) is 16.1.